The molecule has 0 saturated carbocycles. The normalized spacial score (nSPS) is 25.2. The fraction of sp³-hybridized carbons (Fsp3) is 0.541. The number of phenolic OH excluding ortho intramolecular Hbond substituents is 3. The number of aliphatic hydroxyl groups excluding tert-OH is 6. The van der Waals surface area contributed by atoms with Gasteiger partial charge in [0.1, 0.15) is 89.5 Å². The highest BCUT2D eigenvalue weighted by atomic mass is 35.5. The molecule has 15 unspecified atom stereocenters. The number of primary amides is 1. The number of esters is 1. The number of rotatable bonds is 37. The summed E-state index contributed by atoms with van der Waals surface area (Å²) in [7, 11) is -15.7. The van der Waals surface area contributed by atoms with Gasteiger partial charge in [-0.25, -0.2) is 9.59 Å². The molecule has 48 nitrogen and oxygen atoms in total. The van der Waals surface area contributed by atoms with Gasteiger partial charge in [0.25, 0.3) is 5.08 Å². The number of amides is 8. The van der Waals surface area contributed by atoms with Gasteiger partial charge in [-0.2, -0.15) is 0 Å². The third-order valence-electron chi connectivity index (χ3n) is 23.7. The molecule has 8 amide bonds. The summed E-state index contributed by atoms with van der Waals surface area (Å²) in [5.74, 6) is -18.4. The van der Waals surface area contributed by atoms with Crippen molar-refractivity contribution in [1.29, 1.82) is 0 Å². The van der Waals surface area contributed by atoms with Crippen LogP contribution in [0, 0.1) is 5.92 Å². The average molecular weight is 2050 g/mol. The van der Waals surface area contributed by atoms with Gasteiger partial charge in [-0.3, -0.25) is 47.3 Å². The van der Waals surface area contributed by atoms with Gasteiger partial charge in [0.05, 0.1) is 53.2 Å². The first-order valence-electron chi connectivity index (χ1n) is 44.0. The molecule has 12 rings (SSSR count). The molecular formula is C85H117Cl2N12O36P3. The molecule has 0 radical (unpaired) electrons. The van der Waals surface area contributed by atoms with Crippen molar-refractivity contribution in [1.82, 2.24) is 58.5 Å². The van der Waals surface area contributed by atoms with Crippen molar-refractivity contribution in [2.75, 3.05) is 52.9 Å². The van der Waals surface area contributed by atoms with Gasteiger partial charge < -0.3 is 183 Å². The number of hydrogen-bond acceptors (Lipinski definition) is 34. The Labute approximate surface area is 799 Å². The lowest BCUT2D eigenvalue weighted by Crippen LogP contribution is -2.65. The van der Waals surface area contributed by atoms with Crippen LogP contribution in [0.1, 0.15) is 175 Å². The van der Waals surface area contributed by atoms with E-state index in [0.29, 0.717) is 19.2 Å². The Bertz CT molecular complexity index is 5370. The summed E-state index contributed by atoms with van der Waals surface area (Å²) in [5, 5.41) is 142. The zero-order valence-electron chi connectivity index (χ0n) is 75.5. The van der Waals surface area contributed by atoms with Gasteiger partial charge in [-0.05, 0) is 123 Å². The van der Waals surface area contributed by atoms with Crippen molar-refractivity contribution < 1.29 is 175 Å². The van der Waals surface area contributed by atoms with Crippen molar-refractivity contribution in [2.45, 2.75) is 233 Å². The Morgan fingerprint density at radius 2 is 1.27 bits per heavy atom. The SMILES string of the molecule is CCCCCCCCCCNCCNC1(C)CC(OC2C(Oc3c4cc5cc3Oc3ccc(cc3Cl)[C@H](O)C(NC(=O)C(CC(C)C)NC)C(=O)NC(CC(N)=O)C(=O)NC5C(=O)NC3C(=O)NC(C(=O)N[C@@H](C(=O)OCOC(=O)NCCC(O)(P(=O)(O)O)P(=O)(O)O)c5cc(O)c(CNCP(=O)(O)O)c(O)c5-c5cc3ccc5O)[C@H](O)c3ccc(c(Cl)c3)O4)OC(CO)C(O)C2O)OC(C)C1O. The first-order valence-corrected chi connectivity index (χ1v) is 49.8. The number of aliphatic hydroxyl groups is 7. The molecule has 53 heteroatoms. The quantitative estimate of drug-likeness (QED) is 0.0115. The van der Waals surface area contributed by atoms with Gasteiger partial charge in [0, 0.05) is 61.2 Å². The summed E-state index contributed by atoms with van der Waals surface area (Å²) in [6.45, 7) is 5.80. The second-order valence-electron chi connectivity index (χ2n) is 34.5. The van der Waals surface area contributed by atoms with E-state index < -0.39 is 331 Å². The third kappa shape index (κ3) is 27.4. The first-order chi connectivity index (χ1) is 64.9. The molecule has 0 aromatic heterocycles. The van der Waals surface area contributed by atoms with Crippen molar-refractivity contribution in [3.8, 4) is 57.1 Å². The van der Waals surface area contributed by atoms with E-state index in [2.05, 4.69) is 60.1 Å². The number of ether oxygens (including phenoxy) is 8. The summed E-state index contributed by atoms with van der Waals surface area (Å²) in [4.78, 5) is 193. The molecule has 2 saturated heterocycles. The van der Waals surface area contributed by atoms with E-state index in [9.17, 15) is 113 Å². The minimum atomic E-state index is -6.08. The fourth-order valence-corrected chi connectivity index (χ4v) is 19.2. The van der Waals surface area contributed by atoms with Crippen LogP contribution in [0.3, 0.4) is 0 Å². The lowest BCUT2D eigenvalue weighted by atomic mass is 9.85. The standard InChI is InChI=1S/C85H117Cl2N12O36P3/c1-7-8-9-10-11-12-13-14-22-90-24-25-93-84(5)34-60(130-40(4)74(84)109)134-73-71(108)70(107)58(36-100)133-82(73)135-72-56-30-44-31-57(72)132-55-20-17-43(29-49(55)87)68(105)66-80(115)97-64(81(116)128-38-129-83(117)92-23-21-85(118,137(122,123)124)138(125,126)127)46-32-53(102)47(35-91-37-136(119,120)121)69(106)61(46)45-27-41(15-18-52(45)101)62(77(112)99-66)96-78(113)63(44)95-76(111)51(33-59(88)103)94-79(114)65(98-75(110)50(89-6)26-39(2)3)67(104)42-16-19-54(131-56)48(86)28-42/h15-20,27-32,39-40,50-51,58,60,62-68,70-71,73-74,82,89-91,93,100-102,104-109,118H,7-14,21-26,33-38H2,1-6H3,(H2,88,103)(H,92,117)(H,94,114)(H,95,111)(H,96,113)(H,97,115)(H,98,110)(H,99,112)(H2,119,120,121)(H2,122,123,124)(H2,125,126,127)/t40?,50?,51?,58?,60?,62?,63?,64-,65?,66?,67+,68-,70?,71?,73?,74?,82?,84?/m1/s1. The molecule has 7 aliphatic heterocycles. The highest BCUT2D eigenvalue weighted by Gasteiger charge is 2.59. The zero-order valence-corrected chi connectivity index (χ0v) is 79.7. The number of phenols is 3. The number of nitrogens with one attached hydrogen (secondary N) is 11. The largest absolute Gasteiger partial charge is 0.507 e. The predicted molar refractivity (Wildman–Crippen MR) is 484 cm³/mol. The van der Waals surface area contributed by atoms with E-state index in [4.69, 9.17) is 66.8 Å². The number of hydrogen-bond donors (Lipinski definition) is 28. The Kier molecular flexibility index (Phi) is 38.2. The zero-order chi connectivity index (χ0) is 102. The van der Waals surface area contributed by atoms with Crippen LogP contribution in [0.4, 0.5) is 4.79 Å². The number of fused-ring (bicyclic) bond motifs is 15. The average Bonchev–Trinajstić information content (AvgIpc) is 0.756. The molecule has 18 atom stereocenters. The van der Waals surface area contributed by atoms with Crippen molar-refractivity contribution in [2.24, 2.45) is 11.7 Å². The highest BCUT2D eigenvalue weighted by molar-refractivity contribution is 7.72. The minimum absolute atomic E-state index is 0.146. The maximum absolute atomic E-state index is 16.5. The van der Waals surface area contributed by atoms with Crippen LogP contribution in [0.5, 0.6) is 46.0 Å². The molecule has 0 aliphatic carbocycles. The number of unbranched alkanes of at least 4 members (excludes halogenated alkanes) is 7. The highest BCUT2D eigenvalue weighted by Crippen LogP contribution is 2.69. The van der Waals surface area contributed by atoms with Crippen LogP contribution in [-0.2, 0) is 82.3 Å². The van der Waals surface area contributed by atoms with E-state index in [1.54, 1.807) is 33.0 Å². The van der Waals surface area contributed by atoms with E-state index >= 15 is 24.0 Å². The Morgan fingerprint density at radius 1 is 0.667 bits per heavy atom. The second-order valence-corrected chi connectivity index (χ2v) is 41.0. The molecule has 762 valence electrons. The smallest absolute Gasteiger partial charge is 0.410 e. The number of carbonyl (C=O) groups is 9. The van der Waals surface area contributed by atoms with Crippen LogP contribution in [0.15, 0.2) is 72.8 Å². The molecule has 138 heavy (non-hydrogen) atoms. The molecule has 11 bridgehead atoms. The van der Waals surface area contributed by atoms with Gasteiger partial charge in [0.2, 0.25) is 60.2 Å². The van der Waals surface area contributed by atoms with E-state index in [-0.39, 0.29) is 24.3 Å². The number of likely N-dealkylation sites (N-methyl/N-ethyl adjacent to an activating group) is 1. The summed E-state index contributed by atoms with van der Waals surface area (Å²) in [5.41, 5.74) is -0.461. The van der Waals surface area contributed by atoms with E-state index in [1.165, 1.54) is 32.4 Å². The maximum Gasteiger partial charge on any atom is 0.410 e. The van der Waals surface area contributed by atoms with Gasteiger partial charge in [-0.15, -0.1) is 0 Å². The third-order valence-corrected chi connectivity index (χ3v) is 28.8. The van der Waals surface area contributed by atoms with Crippen LogP contribution >= 0.6 is 46.0 Å². The lowest BCUT2D eigenvalue weighted by molar-refractivity contribution is -0.334. The summed E-state index contributed by atoms with van der Waals surface area (Å²) < 4.78 is 85.8. The molecule has 5 aromatic carbocycles. The van der Waals surface area contributed by atoms with E-state index in [1.807, 2.05) is 0 Å². The summed E-state index contributed by atoms with van der Waals surface area (Å²) in [6.07, 6.45) is -15.0. The fourth-order valence-electron chi connectivity index (χ4n) is 16.2. The van der Waals surface area contributed by atoms with Crippen LogP contribution in [0.25, 0.3) is 11.1 Å². The molecule has 5 aromatic rings. The second kappa shape index (κ2) is 47.8. The number of alkyl carbamates (subject to hydrolysis) is 1. The molecule has 7 heterocycles. The molecular weight excluding hydrogens is 1930 g/mol. The molecule has 29 N–H and O–H groups in total. The number of nitrogens with two attached hydrogens (primary N) is 1. The number of benzene rings is 5. The number of aromatic hydroxyl groups is 3. The topological polar surface area (TPSA) is 761 Å². The number of halogens is 2. The Morgan fingerprint density at radius 3 is 1.86 bits per heavy atom. The van der Waals surface area contributed by atoms with Crippen LogP contribution in [0.2, 0.25) is 10.0 Å². The predicted octanol–water partition coefficient (Wildman–Crippen LogP) is 1.23. The molecule has 2 fully saturated rings. The number of carbonyl (C=O) groups excluding carboxylic acids is 9. The van der Waals surface area contributed by atoms with Crippen molar-refractivity contribution in [3.63, 3.8) is 0 Å². The minimum Gasteiger partial charge on any atom is -0.507 e. The van der Waals surface area contributed by atoms with Gasteiger partial charge >= 0.3 is 34.8 Å². The van der Waals surface area contributed by atoms with Gasteiger partial charge in [0.15, 0.2) is 29.9 Å². The Hall–Kier alpha value is -9.60. The van der Waals surface area contributed by atoms with E-state index in [0.717, 1.165) is 99.3 Å². The van der Waals surface area contributed by atoms with Crippen LogP contribution < -0.4 is 78.4 Å². The summed E-state index contributed by atoms with van der Waals surface area (Å²) >= 11 is 14.4. The monoisotopic (exact) mass is 2040 g/mol. The lowest BCUT2D eigenvalue weighted by Gasteiger charge is -2.48. The van der Waals surface area contributed by atoms with Crippen LogP contribution in [-0.4, -0.2) is 271 Å². The van der Waals surface area contributed by atoms with Crippen molar-refractivity contribution >= 4 is 99.4 Å². The Balaban J connectivity index is 1.16. The first kappa shape index (κ1) is 110. The molecule has 7 aliphatic rings. The summed E-state index contributed by atoms with van der Waals surface area (Å²) in [6, 6.07) is -4.07. The van der Waals surface area contributed by atoms with Gasteiger partial charge in [-0.1, -0.05) is 107 Å². The maximum atomic E-state index is 16.5. The van der Waals surface area contributed by atoms with Crippen molar-refractivity contribution in [3.05, 3.63) is 116 Å². The molecule has 0 spiro atoms.